The number of nitrogens with zero attached hydrogens (tertiary/aromatic N) is 3. The molecule has 3 heterocycles. The first-order valence-corrected chi connectivity index (χ1v) is 12.9. The molecule has 2 aromatic heterocycles. The molecular formula is C27H37FN6O2. The second-order valence-corrected chi connectivity index (χ2v) is 10.0. The van der Waals surface area contributed by atoms with Crippen molar-refractivity contribution in [1.29, 1.82) is 5.26 Å². The molecule has 1 aliphatic heterocycles. The number of nitrogens with one attached hydrogen (secondary N) is 3. The van der Waals surface area contributed by atoms with Gasteiger partial charge in [-0.2, -0.15) is 5.26 Å². The zero-order valence-electron chi connectivity index (χ0n) is 21.2. The summed E-state index contributed by atoms with van der Waals surface area (Å²) in [5.41, 5.74) is 0.465. The van der Waals surface area contributed by atoms with E-state index in [-0.39, 0.29) is 0 Å². The number of nitriles is 1. The summed E-state index contributed by atoms with van der Waals surface area (Å²) < 4.78 is 25.4. The number of aromatic nitrogens is 2. The summed E-state index contributed by atoms with van der Waals surface area (Å²) in [7, 11) is 1.72. The summed E-state index contributed by atoms with van der Waals surface area (Å²) in [6.07, 6.45) is 6.83. The Balaban J connectivity index is 1.37. The molecule has 0 radical (unpaired) electrons. The fourth-order valence-electron chi connectivity index (χ4n) is 5.06. The van der Waals surface area contributed by atoms with Gasteiger partial charge in [-0.3, -0.25) is 0 Å². The highest BCUT2D eigenvalue weighted by molar-refractivity contribution is 5.65. The predicted octanol–water partition coefficient (Wildman–Crippen LogP) is 4.36. The largest absolute Gasteiger partial charge is 0.383 e. The summed E-state index contributed by atoms with van der Waals surface area (Å²) in [4.78, 5) is 8.91. The van der Waals surface area contributed by atoms with E-state index < -0.39 is 11.2 Å². The molecule has 2 fully saturated rings. The fourth-order valence-corrected chi connectivity index (χ4v) is 5.06. The minimum Gasteiger partial charge on any atom is -0.383 e. The minimum absolute atomic E-state index is 0.300. The van der Waals surface area contributed by atoms with Crippen LogP contribution in [0, 0.1) is 22.6 Å². The third-order valence-corrected chi connectivity index (χ3v) is 7.19. The Bertz CT molecular complexity index is 1030. The Kier molecular flexibility index (Phi) is 9.08. The molecule has 0 unspecified atom stereocenters. The van der Waals surface area contributed by atoms with E-state index >= 15 is 0 Å². The third-order valence-electron chi connectivity index (χ3n) is 7.19. The van der Waals surface area contributed by atoms with Gasteiger partial charge in [-0.05, 0) is 63.6 Å². The lowest BCUT2D eigenvalue weighted by Crippen LogP contribution is -2.42. The lowest BCUT2D eigenvalue weighted by molar-refractivity contribution is 0.0455. The van der Waals surface area contributed by atoms with Gasteiger partial charge in [0.1, 0.15) is 11.6 Å². The smallest absolute Gasteiger partial charge is 0.151 e. The molecule has 1 aliphatic carbocycles. The van der Waals surface area contributed by atoms with E-state index in [1.807, 2.05) is 12.1 Å². The first-order chi connectivity index (χ1) is 17.5. The molecule has 2 aromatic rings. The molecule has 4 rings (SSSR count). The Morgan fingerprint density at radius 3 is 2.67 bits per heavy atom. The van der Waals surface area contributed by atoms with Gasteiger partial charge >= 0.3 is 0 Å². The van der Waals surface area contributed by atoms with Crippen LogP contribution in [0.15, 0.2) is 30.5 Å². The molecule has 0 amide bonds. The van der Waals surface area contributed by atoms with Gasteiger partial charge in [0, 0.05) is 50.6 Å². The first-order valence-electron chi connectivity index (χ1n) is 12.9. The lowest BCUT2D eigenvalue weighted by atomic mass is 9.82. The molecule has 1 saturated carbocycles. The van der Waals surface area contributed by atoms with E-state index in [0.29, 0.717) is 80.2 Å². The molecule has 2 aliphatic rings. The van der Waals surface area contributed by atoms with Crippen molar-refractivity contribution in [2.45, 2.75) is 63.6 Å². The number of anilines is 2. The van der Waals surface area contributed by atoms with E-state index in [1.165, 1.54) is 6.20 Å². The van der Waals surface area contributed by atoms with Crippen LogP contribution in [0.2, 0.25) is 0 Å². The molecule has 1 atom stereocenters. The Labute approximate surface area is 213 Å². The number of hydrogen-bond acceptors (Lipinski definition) is 8. The highest BCUT2D eigenvalue weighted by Crippen LogP contribution is 2.31. The van der Waals surface area contributed by atoms with Crippen LogP contribution >= 0.6 is 0 Å². The first kappa shape index (κ1) is 26.3. The van der Waals surface area contributed by atoms with Gasteiger partial charge in [0.15, 0.2) is 5.82 Å². The maximum absolute atomic E-state index is 14.8. The average molecular weight is 497 g/mol. The average Bonchev–Trinajstić information content (AvgIpc) is 2.90. The summed E-state index contributed by atoms with van der Waals surface area (Å²) in [5.74, 6) is 0.859. The quantitative estimate of drug-likeness (QED) is 0.446. The van der Waals surface area contributed by atoms with Gasteiger partial charge in [-0.25, -0.2) is 14.4 Å². The van der Waals surface area contributed by atoms with E-state index in [1.54, 1.807) is 19.2 Å². The van der Waals surface area contributed by atoms with Crippen molar-refractivity contribution in [3.05, 3.63) is 36.3 Å². The molecule has 0 spiro atoms. The Hall–Kier alpha value is -2.80. The molecule has 194 valence electrons. The summed E-state index contributed by atoms with van der Waals surface area (Å²) in [6, 6.07) is 10.8. The second-order valence-electron chi connectivity index (χ2n) is 10.0. The highest BCUT2D eigenvalue weighted by Gasteiger charge is 2.32. The predicted molar refractivity (Wildman–Crippen MR) is 138 cm³/mol. The number of methoxy groups -OCH3 is 1. The SMILES string of the molecule is COC[C@H](C)NC1CCC(Nc2cc(-c3cccc(NCC4(C#N)CCOCC4)n3)c(F)cn2)CC1. The van der Waals surface area contributed by atoms with Crippen molar-refractivity contribution < 1.29 is 13.9 Å². The van der Waals surface area contributed by atoms with Crippen molar-refractivity contribution in [3.8, 4) is 17.3 Å². The van der Waals surface area contributed by atoms with Crippen LogP contribution in [-0.4, -0.2) is 61.6 Å². The van der Waals surface area contributed by atoms with Crippen molar-refractivity contribution in [3.63, 3.8) is 0 Å². The zero-order valence-corrected chi connectivity index (χ0v) is 21.2. The summed E-state index contributed by atoms with van der Waals surface area (Å²) in [6.45, 7) is 4.51. The maximum Gasteiger partial charge on any atom is 0.151 e. The summed E-state index contributed by atoms with van der Waals surface area (Å²) in [5, 5.41) is 20.1. The Morgan fingerprint density at radius 2 is 1.94 bits per heavy atom. The maximum atomic E-state index is 14.8. The minimum atomic E-state index is -0.467. The van der Waals surface area contributed by atoms with Crippen LogP contribution in [0.3, 0.4) is 0 Å². The molecule has 1 saturated heterocycles. The van der Waals surface area contributed by atoms with Gasteiger partial charge < -0.3 is 25.4 Å². The van der Waals surface area contributed by atoms with Gasteiger partial charge in [-0.15, -0.1) is 0 Å². The van der Waals surface area contributed by atoms with Crippen LogP contribution in [0.25, 0.3) is 11.3 Å². The zero-order chi connectivity index (χ0) is 25.4. The number of pyridine rings is 2. The van der Waals surface area contributed by atoms with Gasteiger partial charge in [0.25, 0.3) is 0 Å². The molecule has 9 heteroatoms. The van der Waals surface area contributed by atoms with Crippen molar-refractivity contribution in [2.24, 2.45) is 5.41 Å². The number of ether oxygens (including phenoxy) is 2. The van der Waals surface area contributed by atoms with Gasteiger partial charge in [0.2, 0.25) is 0 Å². The number of hydrogen-bond donors (Lipinski definition) is 3. The molecule has 36 heavy (non-hydrogen) atoms. The highest BCUT2D eigenvalue weighted by atomic mass is 19.1. The molecular weight excluding hydrogens is 459 g/mol. The lowest BCUT2D eigenvalue weighted by Gasteiger charge is -2.31. The molecule has 0 bridgehead atoms. The second kappa shape index (κ2) is 12.4. The monoisotopic (exact) mass is 496 g/mol. The third kappa shape index (κ3) is 6.90. The van der Waals surface area contributed by atoms with Crippen LogP contribution in [-0.2, 0) is 9.47 Å². The number of rotatable bonds is 10. The van der Waals surface area contributed by atoms with Crippen LogP contribution < -0.4 is 16.0 Å². The fraction of sp³-hybridized carbons (Fsp3) is 0.593. The van der Waals surface area contributed by atoms with Crippen molar-refractivity contribution >= 4 is 11.6 Å². The molecule has 8 nitrogen and oxygen atoms in total. The normalized spacial score (nSPS) is 22.4. The van der Waals surface area contributed by atoms with Crippen molar-refractivity contribution in [2.75, 3.05) is 44.1 Å². The standard InChI is InChI=1S/C27H37FN6O2/c1-19(16-35-2)32-20-6-8-21(9-7-20)33-26-14-22(23(28)15-30-26)24-4-3-5-25(34-24)31-18-27(17-29)10-12-36-13-11-27/h3-5,14-15,19-21,32H,6-13,16,18H2,1-2H3,(H,30,33)(H,31,34)/t19-,20?,21?/m0/s1. The Morgan fingerprint density at radius 1 is 1.19 bits per heavy atom. The van der Waals surface area contributed by atoms with Crippen LogP contribution in [0.5, 0.6) is 0 Å². The summed E-state index contributed by atoms with van der Waals surface area (Å²) >= 11 is 0. The van der Waals surface area contributed by atoms with E-state index in [2.05, 4.69) is 38.9 Å². The van der Waals surface area contributed by atoms with E-state index in [9.17, 15) is 9.65 Å². The molecule has 3 N–H and O–H groups in total. The van der Waals surface area contributed by atoms with E-state index in [0.717, 1.165) is 25.7 Å². The topological polar surface area (TPSA) is 104 Å². The van der Waals surface area contributed by atoms with Crippen molar-refractivity contribution in [1.82, 2.24) is 15.3 Å². The number of halogens is 1. The van der Waals surface area contributed by atoms with Gasteiger partial charge in [0.05, 0.1) is 30.0 Å². The van der Waals surface area contributed by atoms with Crippen LogP contribution in [0.4, 0.5) is 16.0 Å². The van der Waals surface area contributed by atoms with Gasteiger partial charge in [-0.1, -0.05) is 6.07 Å². The molecule has 0 aromatic carbocycles. The van der Waals surface area contributed by atoms with E-state index in [4.69, 9.17) is 9.47 Å². The van der Waals surface area contributed by atoms with Crippen LogP contribution in [0.1, 0.15) is 45.4 Å².